The lowest BCUT2D eigenvalue weighted by Crippen LogP contribution is -2.48. The molecule has 4 fully saturated rings. The minimum atomic E-state index is -0.823. The Morgan fingerprint density at radius 3 is 2.04 bits per heavy atom. The molecule has 4 aliphatic carbocycles. The van der Waals surface area contributed by atoms with Crippen LogP contribution >= 0.6 is 0 Å². The minimum Gasteiger partial charge on any atom is -0.374 e. The van der Waals surface area contributed by atoms with Crippen molar-refractivity contribution in [1.82, 2.24) is 5.32 Å². The van der Waals surface area contributed by atoms with Crippen molar-refractivity contribution < 1.29 is 9.59 Å². The number of imide groups is 1. The molecule has 0 spiro atoms. The third kappa shape index (κ3) is 3.12. The molecule has 0 radical (unpaired) electrons. The second-order valence-corrected chi connectivity index (χ2v) is 8.49. The van der Waals surface area contributed by atoms with Crippen molar-refractivity contribution in [3.05, 3.63) is 29.8 Å². The molecule has 1 aromatic rings. The number of nitrogens with one attached hydrogen (secondary N) is 2. The van der Waals surface area contributed by atoms with E-state index in [-0.39, 0.29) is 0 Å². The molecule has 0 aromatic heterocycles. The van der Waals surface area contributed by atoms with Crippen LogP contribution in [-0.4, -0.2) is 18.0 Å². The van der Waals surface area contributed by atoms with Gasteiger partial charge in [0.15, 0.2) is 0 Å². The maximum atomic E-state index is 11.8. The Hall–Kier alpha value is -2.04. The summed E-state index contributed by atoms with van der Waals surface area (Å²) in [6, 6.07) is 7.24. The number of carbonyl (C=O) groups excluding carboxylic acids is 2. The van der Waals surface area contributed by atoms with Gasteiger partial charge in [-0.1, -0.05) is 12.1 Å². The standard InChI is InChI=1S/C20H27N3O2/c1-12(18(24)23-19(21)25)22-17-4-2-16(3-5-17)20-9-13-6-14(10-20)8-15(7-13)11-20/h2-5,12-15,22H,6-11H2,1H3,(H3,21,23,24,25). The lowest BCUT2D eigenvalue weighted by atomic mass is 9.48. The highest BCUT2D eigenvalue weighted by molar-refractivity contribution is 5.97. The number of urea groups is 1. The highest BCUT2D eigenvalue weighted by atomic mass is 16.2. The predicted octanol–water partition coefficient (Wildman–Crippen LogP) is 3.15. The summed E-state index contributed by atoms with van der Waals surface area (Å²) in [7, 11) is 0. The van der Waals surface area contributed by atoms with Crippen LogP contribution in [0.25, 0.3) is 0 Å². The first-order valence-electron chi connectivity index (χ1n) is 9.41. The van der Waals surface area contributed by atoms with Crippen molar-refractivity contribution in [3.8, 4) is 0 Å². The molecule has 1 aromatic carbocycles. The monoisotopic (exact) mass is 341 g/mol. The number of hydrogen-bond donors (Lipinski definition) is 3. The molecule has 5 heteroatoms. The molecule has 4 saturated carbocycles. The van der Waals surface area contributed by atoms with E-state index in [1.165, 1.54) is 44.1 Å². The summed E-state index contributed by atoms with van der Waals surface area (Å²) in [5, 5.41) is 5.23. The fourth-order valence-corrected chi connectivity index (χ4v) is 5.93. The van der Waals surface area contributed by atoms with Crippen molar-refractivity contribution in [2.24, 2.45) is 23.5 Å². The average Bonchev–Trinajstić information content (AvgIpc) is 2.53. The molecule has 4 N–H and O–H groups in total. The van der Waals surface area contributed by atoms with E-state index >= 15 is 0 Å². The molecule has 0 aliphatic heterocycles. The predicted molar refractivity (Wildman–Crippen MR) is 97.1 cm³/mol. The van der Waals surface area contributed by atoms with Crippen molar-refractivity contribution in [2.45, 2.75) is 56.9 Å². The van der Waals surface area contributed by atoms with E-state index < -0.39 is 18.0 Å². The van der Waals surface area contributed by atoms with E-state index in [0.717, 1.165) is 23.4 Å². The second kappa shape index (κ2) is 6.04. The summed E-state index contributed by atoms with van der Waals surface area (Å²) in [6.07, 6.45) is 8.40. The van der Waals surface area contributed by atoms with Gasteiger partial charge in [-0.3, -0.25) is 10.1 Å². The van der Waals surface area contributed by atoms with Crippen LogP contribution in [-0.2, 0) is 10.2 Å². The largest absolute Gasteiger partial charge is 0.374 e. The van der Waals surface area contributed by atoms with Gasteiger partial charge in [-0.05, 0) is 86.3 Å². The van der Waals surface area contributed by atoms with Gasteiger partial charge in [0.2, 0.25) is 5.91 Å². The molecule has 25 heavy (non-hydrogen) atoms. The maximum absolute atomic E-state index is 11.8. The Kier molecular flexibility index (Phi) is 3.97. The molecule has 134 valence electrons. The smallest absolute Gasteiger partial charge is 0.318 e. The first-order valence-corrected chi connectivity index (χ1v) is 9.41. The van der Waals surface area contributed by atoms with Crippen LogP contribution in [0.1, 0.15) is 51.0 Å². The normalized spacial score (nSPS) is 33.7. The van der Waals surface area contributed by atoms with E-state index in [9.17, 15) is 9.59 Å². The van der Waals surface area contributed by atoms with Gasteiger partial charge < -0.3 is 11.1 Å². The van der Waals surface area contributed by atoms with E-state index in [4.69, 9.17) is 5.73 Å². The molecule has 4 bridgehead atoms. The first-order chi connectivity index (χ1) is 11.9. The molecule has 5 rings (SSSR count). The lowest BCUT2D eigenvalue weighted by Gasteiger charge is -2.57. The number of primary amides is 1. The zero-order valence-corrected chi connectivity index (χ0v) is 14.8. The molecule has 0 heterocycles. The Morgan fingerprint density at radius 1 is 1.04 bits per heavy atom. The Bertz CT molecular complexity index is 647. The Labute approximate surface area is 148 Å². The van der Waals surface area contributed by atoms with Gasteiger partial charge in [-0.15, -0.1) is 0 Å². The van der Waals surface area contributed by atoms with Crippen LogP contribution in [0.2, 0.25) is 0 Å². The van der Waals surface area contributed by atoms with E-state index in [1.807, 2.05) is 0 Å². The van der Waals surface area contributed by atoms with Gasteiger partial charge >= 0.3 is 6.03 Å². The van der Waals surface area contributed by atoms with Crippen LogP contribution in [0.5, 0.6) is 0 Å². The van der Waals surface area contributed by atoms with Crippen LogP contribution in [0, 0.1) is 17.8 Å². The molecule has 3 amide bonds. The first kappa shape index (κ1) is 16.4. The zero-order chi connectivity index (χ0) is 17.6. The van der Waals surface area contributed by atoms with Crippen LogP contribution in [0.4, 0.5) is 10.5 Å². The van der Waals surface area contributed by atoms with Crippen molar-refractivity contribution in [2.75, 3.05) is 5.32 Å². The SMILES string of the molecule is CC(Nc1ccc(C23CC4CC(CC(C4)C2)C3)cc1)C(=O)NC(N)=O. The number of anilines is 1. The fraction of sp³-hybridized carbons (Fsp3) is 0.600. The van der Waals surface area contributed by atoms with Gasteiger partial charge in [0.05, 0.1) is 0 Å². The summed E-state index contributed by atoms with van der Waals surface area (Å²) in [6.45, 7) is 1.71. The molecule has 1 unspecified atom stereocenters. The van der Waals surface area contributed by atoms with E-state index in [1.54, 1.807) is 6.92 Å². The number of amides is 3. The van der Waals surface area contributed by atoms with Crippen LogP contribution in [0.15, 0.2) is 24.3 Å². The van der Waals surface area contributed by atoms with E-state index in [0.29, 0.717) is 5.41 Å². The molecule has 0 saturated heterocycles. The fourth-order valence-electron chi connectivity index (χ4n) is 5.93. The molecular formula is C20H27N3O2. The quantitative estimate of drug-likeness (QED) is 0.786. The van der Waals surface area contributed by atoms with Gasteiger partial charge in [0.25, 0.3) is 0 Å². The minimum absolute atomic E-state index is 0.391. The summed E-state index contributed by atoms with van der Waals surface area (Å²) in [5.74, 6) is 2.38. The second-order valence-electron chi connectivity index (χ2n) is 8.49. The summed E-state index contributed by atoms with van der Waals surface area (Å²) in [4.78, 5) is 22.6. The van der Waals surface area contributed by atoms with Crippen molar-refractivity contribution >= 4 is 17.6 Å². The van der Waals surface area contributed by atoms with Gasteiger partial charge in [-0.25, -0.2) is 4.79 Å². The van der Waals surface area contributed by atoms with Crippen LogP contribution in [0.3, 0.4) is 0 Å². The number of nitrogens with two attached hydrogens (primary N) is 1. The van der Waals surface area contributed by atoms with Gasteiger partial charge in [0.1, 0.15) is 6.04 Å². The number of carbonyl (C=O) groups is 2. The number of hydrogen-bond acceptors (Lipinski definition) is 3. The average molecular weight is 341 g/mol. The van der Waals surface area contributed by atoms with Gasteiger partial charge in [-0.2, -0.15) is 0 Å². The topological polar surface area (TPSA) is 84.2 Å². The summed E-state index contributed by atoms with van der Waals surface area (Å²) >= 11 is 0. The highest BCUT2D eigenvalue weighted by Crippen LogP contribution is 2.60. The zero-order valence-electron chi connectivity index (χ0n) is 14.8. The third-order valence-corrected chi connectivity index (χ3v) is 6.56. The summed E-state index contributed by atoms with van der Waals surface area (Å²) < 4.78 is 0. The van der Waals surface area contributed by atoms with Crippen LogP contribution < -0.4 is 16.4 Å². The number of benzene rings is 1. The molecule has 5 nitrogen and oxygen atoms in total. The van der Waals surface area contributed by atoms with Crippen molar-refractivity contribution in [3.63, 3.8) is 0 Å². The lowest BCUT2D eigenvalue weighted by molar-refractivity contribution is -0.120. The number of rotatable bonds is 4. The summed E-state index contributed by atoms with van der Waals surface area (Å²) in [5.41, 5.74) is 7.73. The molecule has 1 atom stereocenters. The Morgan fingerprint density at radius 2 is 1.56 bits per heavy atom. The third-order valence-electron chi connectivity index (χ3n) is 6.56. The Balaban J connectivity index is 1.46. The molecule has 4 aliphatic rings. The maximum Gasteiger partial charge on any atom is 0.318 e. The van der Waals surface area contributed by atoms with Gasteiger partial charge in [0, 0.05) is 5.69 Å². The molecular weight excluding hydrogens is 314 g/mol. The van der Waals surface area contributed by atoms with Crippen molar-refractivity contribution in [1.29, 1.82) is 0 Å². The van der Waals surface area contributed by atoms with E-state index in [2.05, 4.69) is 34.9 Å². The highest BCUT2D eigenvalue weighted by Gasteiger charge is 2.51.